The maximum atomic E-state index is 6.27. The second-order valence-corrected chi connectivity index (χ2v) is 6.44. The Morgan fingerprint density at radius 1 is 1.24 bits per heavy atom. The van der Waals surface area contributed by atoms with Crippen molar-refractivity contribution in [1.29, 1.82) is 0 Å². The molecule has 0 spiro atoms. The standard InChI is InChI=1S/C17H19ClINO/c1-4-21-16-8-5-11(2)9-13(16)17(20-3)12-6-7-15(19)14(18)10-12/h5-10,17,20H,4H2,1-3H3. The molecule has 1 N–H and O–H groups in total. The molecule has 0 heterocycles. The molecule has 0 aliphatic heterocycles. The van der Waals surface area contributed by atoms with Gasteiger partial charge in [0.25, 0.3) is 0 Å². The van der Waals surface area contributed by atoms with Crippen molar-refractivity contribution in [3.05, 3.63) is 61.7 Å². The normalized spacial score (nSPS) is 12.2. The minimum absolute atomic E-state index is 0.0564. The van der Waals surface area contributed by atoms with Crippen molar-refractivity contribution in [2.45, 2.75) is 19.9 Å². The molecule has 0 aliphatic carbocycles. The molecule has 21 heavy (non-hydrogen) atoms. The lowest BCUT2D eigenvalue weighted by atomic mass is 9.96. The third-order valence-corrected chi connectivity index (χ3v) is 4.91. The fourth-order valence-corrected chi connectivity index (χ4v) is 2.90. The van der Waals surface area contributed by atoms with Crippen LogP contribution in [0.4, 0.5) is 0 Å². The van der Waals surface area contributed by atoms with Crippen LogP contribution >= 0.6 is 34.2 Å². The van der Waals surface area contributed by atoms with E-state index in [1.807, 2.05) is 32.2 Å². The first-order valence-corrected chi connectivity index (χ1v) is 8.38. The molecule has 0 radical (unpaired) electrons. The van der Waals surface area contributed by atoms with Crippen LogP contribution in [0.25, 0.3) is 0 Å². The van der Waals surface area contributed by atoms with Gasteiger partial charge in [0.1, 0.15) is 5.75 Å². The molecule has 0 aromatic heterocycles. The summed E-state index contributed by atoms with van der Waals surface area (Å²) in [6.45, 7) is 4.74. The molecular formula is C17H19ClINO. The van der Waals surface area contributed by atoms with Crippen LogP contribution in [0.1, 0.15) is 29.7 Å². The second kappa shape index (κ2) is 7.47. The van der Waals surface area contributed by atoms with Gasteiger partial charge in [-0.05, 0) is 67.2 Å². The van der Waals surface area contributed by atoms with Gasteiger partial charge in [-0.2, -0.15) is 0 Å². The number of hydrogen-bond donors (Lipinski definition) is 1. The van der Waals surface area contributed by atoms with Crippen LogP contribution in [0.2, 0.25) is 5.02 Å². The fourth-order valence-electron chi connectivity index (χ4n) is 2.37. The number of ether oxygens (including phenoxy) is 1. The Morgan fingerprint density at radius 2 is 2.00 bits per heavy atom. The number of halogens is 2. The van der Waals surface area contributed by atoms with Crippen LogP contribution in [0, 0.1) is 10.5 Å². The Bertz CT molecular complexity index is 630. The molecule has 2 aromatic carbocycles. The molecule has 1 atom stereocenters. The fraction of sp³-hybridized carbons (Fsp3) is 0.294. The highest BCUT2D eigenvalue weighted by molar-refractivity contribution is 14.1. The van der Waals surface area contributed by atoms with Crippen LogP contribution in [-0.2, 0) is 0 Å². The molecule has 0 saturated heterocycles. The zero-order valence-electron chi connectivity index (χ0n) is 12.4. The maximum absolute atomic E-state index is 6.27. The number of hydrogen-bond acceptors (Lipinski definition) is 2. The lowest BCUT2D eigenvalue weighted by Crippen LogP contribution is -2.19. The Balaban J connectivity index is 2.49. The molecular weight excluding hydrogens is 397 g/mol. The van der Waals surface area contributed by atoms with Gasteiger partial charge in [-0.1, -0.05) is 35.4 Å². The van der Waals surface area contributed by atoms with Gasteiger partial charge in [0, 0.05) is 9.13 Å². The molecule has 0 fully saturated rings. The molecule has 112 valence electrons. The van der Waals surface area contributed by atoms with Crippen molar-refractivity contribution in [2.24, 2.45) is 0 Å². The largest absolute Gasteiger partial charge is 0.494 e. The van der Waals surface area contributed by atoms with E-state index in [1.165, 1.54) is 5.56 Å². The summed E-state index contributed by atoms with van der Waals surface area (Å²) in [5.74, 6) is 0.914. The van der Waals surface area contributed by atoms with Crippen molar-refractivity contribution < 1.29 is 4.74 Å². The number of benzene rings is 2. The Hall–Kier alpha value is -0.780. The van der Waals surface area contributed by atoms with Crippen LogP contribution in [0.15, 0.2) is 36.4 Å². The summed E-state index contributed by atoms with van der Waals surface area (Å²) in [7, 11) is 1.95. The molecule has 0 amide bonds. The van der Waals surface area contributed by atoms with Crippen molar-refractivity contribution in [3.8, 4) is 5.75 Å². The minimum Gasteiger partial charge on any atom is -0.494 e. The monoisotopic (exact) mass is 415 g/mol. The van der Waals surface area contributed by atoms with E-state index < -0.39 is 0 Å². The van der Waals surface area contributed by atoms with E-state index in [1.54, 1.807) is 0 Å². The molecule has 0 saturated carbocycles. The SMILES string of the molecule is CCOc1ccc(C)cc1C(NC)c1ccc(I)c(Cl)c1. The first-order chi connectivity index (χ1) is 10.1. The van der Waals surface area contributed by atoms with Gasteiger partial charge in [-0.25, -0.2) is 0 Å². The van der Waals surface area contributed by atoms with Gasteiger partial charge in [-0.15, -0.1) is 0 Å². The summed E-state index contributed by atoms with van der Waals surface area (Å²) in [4.78, 5) is 0. The van der Waals surface area contributed by atoms with Crippen LogP contribution in [0.3, 0.4) is 0 Å². The number of rotatable bonds is 5. The van der Waals surface area contributed by atoms with E-state index in [0.717, 1.165) is 25.5 Å². The second-order valence-electron chi connectivity index (χ2n) is 4.87. The summed E-state index contributed by atoms with van der Waals surface area (Å²) in [5.41, 5.74) is 3.48. The summed E-state index contributed by atoms with van der Waals surface area (Å²) in [6.07, 6.45) is 0. The molecule has 0 bridgehead atoms. The lowest BCUT2D eigenvalue weighted by molar-refractivity contribution is 0.334. The zero-order chi connectivity index (χ0) is 15.4. The third kappa shape index (κ3) is 3.90. The molecule has 1 unspecified atom stereocenters. The zero-order valence-corrected chi connectivity index (χ0v) is 15.3. The van der Waals surface area contributed by atoms with Gasteiger partial charge in [0.15, 0.2) is 0 Å². The average molecular weight is 416 g/mol. The lowest BCUT2D eigenvalue weighted by Gasteiger charge is -2.21. The highest BCUT2D eigenvalue weighted by Crippen LogP contribution is 2.33. The van der Waals surface area contributed by atoms with Gasteiger partial charge in [0.2, 0.25) is 0 Å². The van der Waals surface area contributed by atoms with Crippen molar-refractivity contribution >= 4 is 34.2 Å². The van der Waals surface area contributed by atoms with Crippen molar-refractivity contribution in [1.82, 2.24) is 5.32 Å². The van der Waals surface area contributed by atoms with Crippen LogP contribution in [0.5, 0.6) is 5.75 Å². The molecule has 4 heteroatoms. The predicted octanol–water partition coefficient (Wildman–Crippen LogP) is 4.96. The molecule has 0 aliphatic rings. The van der Waals surface area contributed by atoms with E-state index in [2.05, 4.69) is 53.0 Å². The van der Waals surface area contributed by atoms with Gasteiger partial charge < -0.3 is 10.1 Å². The van der Waals surface area contributed by atoms with Crippen LogP contribution < -0.4 is 10.1 Å². The van der Waals surface area contributed by atoms with Crippen molar-refractivity contribution in [3.63, 3.8) is 0 Å². The quantitative estimate of drug-likeness (QED) is 0.697. The summed E-state index contributed by atoms with van der Waals surface area (Å²) in [5, 5.41) is 4.14. The molecule has 2 aromatic rings. The third-order valence-electron chi connectivity index (χ3n) is 3.34. The van der Waals surface area contributed by atoms with E-state index >= 15 is 0 Å². The van der Waals surface area contributed by atoms with E-state index in [9.17, 15) is 0 Å². The van der Waals surface area contributed by atoms with E-state index in [0.29, 0.717) is 6.61 Å². The predicted molar refractivity (Wildman–Crippen MR) is 97.4 cm³/mol. The topological polar surface area (TPSA) is 21.3 Å². The smallest absolute Gasteiger partial charge is 0.124 e. The maximum Gasteiger partial charge on any atom is 0.124 e. The number of aryl methyl sites for hydroxylation is 1. The van der Waals surface area contributed by atoms with Gasteiger partial charge >= 0.3 is 0 Å². The summed E-state index contributed by atoms with van der Waals surface area (Å²) >= 11 is 8.51. The average Bonchev–Trinajstić information content (AvgIpc) is 2.46. The van der Waals surface area contributed by atoms with Crippen molar-refractivity contribution in [2.75, 3.05) is 13.7 Å². The molecule has 2 rings (SSSR count). The molecule has 2 nitrogen and oxygen atoms in total. The van der Waals surface area contributed by atoms with Crippen LogP contribution in [-0.4, -0.2) is 13.7 Å². The Kier molecular flexibility index (Phi) is 5.90. The highest BCUT2D eigenvalue weighted by atomic mass is 127. The summed E-state index contributed by atoms with van der Waals surface area (Å²) < 4.78 is 6.83. The van der Waals surface area contributed by atoms with E-state index in [4.69, 9.17) is 16.3 Å². The van der Waals surface area contributed by atoms with Gasteiger partial charge in [0.05, 0.1) is 17.7 Å². The first-order valence-electron chi connectivity index (χ1n) is 6.92. The minimum atomic E-state index is 0.0564. The van der Waals surface area contributed by atoms with Gasteiger partial charge in [-0.3, -0.25) is 0 Å². The number of nitrogens with one attached hydrogen (secondary N) is 1. The summed E-state index contributed by atoms with van der Waals surface area (Å²) in [6, 6.07) is 12.5. The first kappa shape index (κ1) is 16.6. The highest BCUT2D eigenvalue weighted by Gasteiger charge is 2.18. The Labute approximate surface area is 145 Å². The Morgan fingerprint density at radius 3 is 2.62 bits per heavy atom. The van der Waals surface area contributed by atoms with E-state index in [-0.39, 0.29) is 6.04 Å².